The molecule has 6 heteroatoms. The van der Waals surface area contributed by atoms with E-state index in [1.165, 1.54) is 0 Å². The summed E-state index contributed by atoms with van der Waals surface area (Å²) in [4.78, 5) is 25.8. The molecule has 0 spiro atoms. The van der Waals surface area contributed by atoms with Crippen molar-refractivity contribution in [1.29, 1.82) is 0 Å². The number of rotatable bonds is 4. The lowest BCUT2D eigenvalue weighted by molar-refractivity contribution is -0.137. The Morgan fingerprint density at radius 2 is 1.88 bits per heavy atom. The Morgan fingerprint density at radius 1 is 1.25 bits per heavy atom. The predicted octanol–water partition coefficient (Wildman–Crippen LogP) is -0.192. The molecule has 1 heterocycles. The van der Waals surface area contributed by atoms with Gasteiger partial charge in [0.15, 0.2) is 0 Å². The molecule has 0 aromatic rings. The Bertz CT molecular complexity index is 250. The third kappa shape index (κ3) is 4.48. The molecule has 0 aliphatic carbocycles. The van der Waals surface area contributed by atoms with Crippen LogP contribution in [0.25, 0.3) is 0 Å². The normalized spacial score (nSPS) is 17.2. The molecule has 1 saturated heterocycles. The SMILES string of the molecule is CN1CCN(C(=O)NCCCC(=O)O)CC1. The number of carbonyl (C=O) groups is 2. The minimum atomic E-state index is -0.825. The number of nitrogens with one attached hydrogen (secondary N) is 1. The molecule has 0 radical (unpaired) electrons. The fourth-order valence-corrected chi connectivity index (χ4v) is 1.56. The Labute approximate surface area is 95.2 Å². The van der Waals surface area contributed by atoms with Crippen molar-refractivity contribution in [3.05, 3.63) is 0 Å². The second-order valence-corrected chi connectivity index (χ2v) is 4.02. The molecular formula is C10H19N3O3. The molecule has 92 valence electrons. The van der Waals surface area contributed by atoms with E-state index in [4.69, 9.17) is 5.11 Å². The van der Waals surface area contributed by atoms with Crippen molar-refractivity contribution in [1.82, 2.24) is 15.1 Å². The zero-order valence-corrected chi connectivity index (χ0v) is 9.61. The molecule has 1 aliphatic heterocycles. The van der Waals surface area contributed by atoms with E-state index >= 15 is 0 Å². The summed E-state index contributed by atoms with van der Waals surface area (Å²) in [6.45, 7) is 3.69. The van der Waals surface area contributed by atoms with Gasteiger partial charge < -0.3 is 20.2 Å². The van der Waals surface area contributed by atoms with Crippen LogP contribution in [0.3, 0.4) is 0 Å². The molecule has 1 aliphatic rings. The minimum absolute atomic E-state index is 0.0847. The second kappa shape index (κ2) is 6.32. The van der Waals surface area contributed by atoms with E-state index in [9.17, 15) is 9.59 Å². The zero-order valence-electron chi connectivity index (χ0n) is 9.61. The molecule has 6 nitrogen and oxygen atoms in total. The van der Waals surface area contributed by atoms with Crippen LogP contribution in [-0.4, -0.2) is 66.7 Å². The van der Waals surface area contributed by atoms with E-state index in [2.05, 4.69) is 10.2 Å². The highest BCUT2D eigenvalue weighted by Crippen LogP contribution is 1.99. The van der Waals surface area contributed by atoms with Gasteiger partial charge in [-0.3, -0.25) is 4.79 Å². The molecule has 0 aromatic heterocycles. The Morgan fingerprint density at radius 3 is 2.44 bits per heavy atom. The molecule has 0 atom stereocenters. The van der Waals surface area contributed by atoms with E-state index in [1.54, 1.807) is 4.90 Å². The first-order chi connectivity index (χ1) is 7.59. The van der Waals surface area contributed by atoms with Crippen molar-refractivity contribution in [2.24, 2.45) is 0 Å². The third-order valence-corrected chi connectivity index (χ3v) is 2.63. The Balaban J connectivity index is 2.12. The number of likely N-dealkylation sites (N-methyl/N-ethyl adjacent to an activating group) is 1. The monoisotopic (exact) mass is 229 g/mol. The number of nitrogens with zero attached hydrogens (tertiary/aromatic N) is 2. The van der Waals surface area contributed by atoms with Crippen LogP contribution < -0.4 is 5.32 Å². The lowest BCUT2D eigenvalue weighted by Gasteiger charge is -2.32. The number of urea groups is 1. The first kappa shape index (κ1) is 12.8. The number of aliphatic carboxylic acids is 1. The van der Waals surface area contributed by atoms with Crippen molar-refractivity contribution < 1.29 is 14.7 Å². The maximum atomic E-state index is 11.6. The van der Waals surface area contributed by atoms with Gasteiger partial charge in [0, 0.05) is 39.1 Å². The highest BCUT2D eigenvalue weighted by molar-refractivity contribution is 5.74. The summed E-state index contributed by atoms with van der Waals surface area (Å²) < 4.78 is 0. The van der Waals surface area contributed by atoms with Gasteiger partial charge in [-0.05, 0) is 13.5 Å². The smallest absolute Gasteiger partial charge is 0.317 e. The van der Waals surface area contributed by atoms with Crippen LogP contribution in [0.5, 0.6) is 0 Å². The third-order valence-electron chi connectivity index (χ3n) is 2.63. The summed E-state index contributed by atoms with van der Waals surface area (Å²) in [7, 11) is 2.03. The summed E-state index contributed by atoms with van der Waals surface area (Å²) in [5, 5.41) is 11.2. The summed E-state index contributed by atoms with van der Waals surface area (Å²) in [5.41, 5.74) is 0. The van der Waals surface area contributed by atoms with E-state index in [0.717, 1.165) is 26.2 Å². The van der Waals surface area contributed by atoms with Crippen molar-refractivity contribution >= 4 is 12.0 Å². The lowest BCUT2D eigenvalue weighted by Crippen LogP contribution is -2.50. The molecule has 16 heavy (non-hydrogen) atoms. The first-order valence-corrected chi connectivity index (χ1v) is 5.52. The van der Waals surface area contributed by atoms with Gasteiger partial charge in [-0.2, -0.15) is 0 Å². The summed E-state index contributed by atoms with van der Waals surface area (Å²) in [5.74, 6) is -0.825. The number of carboxylic acids is 1. The van der Waals surface area contributed by atoms with Crippen LogP contribution in [0.1, 0.15) is 12.8 Å². The number of carboxylic acid groups (broad SMARTS) is 1. The average molecular weight is 229 g/mol. The fourth-order valence-electron chi connectivity index (χ4n) is 1.56. The molecule has 0 bridgehead atoms. The standard InChI is InChI=1S/C10H19N3O3/c1-12-5-7-13(8-6-12)10(16)11-4-2-3-9(14)15/h2-8H2,1H3,(H,11,16)(H,14,15). The maximum absolute atomic E-state index is 11.6. The second-order valence-electron chi connectivity index (χ2n) is 4.02. The van der Waals surface area contributed by atoms with Gasteiger partial charge in [0.05, 0.1) is 0 Å². The van der Waals surface area contributed by atoms with E-state index < -0.39 is 5.97 Å². The van der Waals surface area contributed by atoms with Gasteiger partial charge in [-0.1, -0.05) is 0 Å². The van der Waals surface area contributed by atoms with Crippen LogP contribution in [-0.2, 0) is 4.79 Å². The Kier molecular flexibility index (Phi) is 5.04. The summed E-state index contributed by atoms with van der Waals surface area (Å²) in [6, 6.07) is -0.0847. The fraction of sp³-hybridized carbons (Fsp3) is 0.800. The van der Waals surface area contributed by atoms with E-state index in [1.807, 2.05) is 7.05 Å². The zero-order chi connectivity index (χ0) is 12.0. The van der Waals surface area contributed by atoms with Crippen LogP contribution in [0, 0.1) is 0 Å². The Hall–Kier alpha value is -1.30. The number of carbonyl (C=O) groups excluding carboxylic acids is 1. The van der Waals surface area contributed by atoms with Gasteiger partial charge in [0.1, 0.15) is 0 Å². The molecule has 1 fully saturated rings. The number of hydrogen-bond donors (Lipinski definition) is 2. The van der Waals surface area contributed by atoms with Gasteiger partial charge >= 0.3 is 12.0 Å². The van der Waals surface area contributed by atoms with Crippen molar-refractivity contribution in [2.75, 3.05) is 39.8 Å². The van der Waals surface area contributed by atoms with Crippen LogP contribution in [0.2, 0.25) is 0 Å². The molecule has 2 N–H and O–H groups in total. The van der Waals surface area contributed by atoms with Crippen LogP contribution >= 0.6 is 0 Å². The topological polar surface area (TPSA) is 72.9 Å². The largest absolute Gasteiger partial charge is 0.481 e. The summed E-state index contributed by atoms with van der Waals surface area (Å²) in [6.07, 6.45) is 0.581. The van der Waals surface area contributed by atoms with Gasteiger partial charge in [0.2, 0.25) is 0 Å². The predicted molar refractivity (Wildman–Crippen MR) is 59.3 cm³/mol. The highest BCUT2D eigenvalue weighted by Gasteiger charge is 2.18. The molecule has 0 saturated carbocycles. The van der Waals surface area contributed by atoms with Crippen molar-refractivity contribution in [3.63, 3.8) is 0 Å². The average Bonchev–Trinajstić information content (AvgIpc) is 2.25. The molecule has 2 amide bonds. The van der Waals surface area contributed by atoms with E-state index in [0.29, 0.717) is 13.0 Å². The van der Waals surface area contributed by atoms with Crippen LogP contribution in [0.4, 0.5) is 4.79 Å². The van der Waals surface area contributed by atoms with E-state index in [-0.39, 0.29) is 12.5 Å². The molecule has 0 aromatic carbocycles. The van der Waals surface area contributed by atoms with Crippen LogP contribution in [0.15, 0.2) is 0 Å². The van der Waals surface area contributed by atoms with Gasteiger partial charge in [-0.25, -0.2) is 4.79 Å². The van der Waals surface area contributed by atoms with Crippen molar-refractivity contribution in [3.8, 4) is 0 Å². The summed E-state index contributed by atoms with van der Waals surface area (Å²) >= 11 is 0. The minimum Gasteiger partial charge on any atom is -0.481 e. The number of piperazine rings is 1. The first-order valence-electron chi connectivity index (χ1n) is 5.52. The lowest BCUT2D eigenvalue weighted by atomic mass is 10.3. The molecular weight excluding hydrogens is 210 g/mol. The van der Waals surface area contributed by atoms with Gasteiger partial charge in [-0.15, -0.1) is 0 Å². The number of amides is 2. The van der Waals surface area contributed by atoms with Crippen molar-refractivity contribution in [2.45, 2.75) is 12.8 Å². The highest BCUT2D eigenvalue weighted by atomic mass is 16.4. The maximum Gasteiger partial charge on any atom is 0.317 e. The quantitative estimate of drug-likeness (QED) is 0.655. The number of hydrogen-bond acceptors (Lipinski definition) is 3. The molecule has 1 rings (SSSR count). The molecule has 0 unspecified atom stereocenters. The van der Waals surface area contributed by atoms with Gasteiger partial charge in [0.25, 0.3) is 0 Å².